The topological polar surface area (TPSA) is 63.9 Å². The standard InChI is InChI=1S/C8H7ClN2O3/c9-6-4-10-8-7(5(6)3-11-12)13-1-2-14-8/h3-4,12H,1-2H2/b11-3-. The molecule has 0 atom stereocenters. The molecular weight excluding hydrogens is 208 g/mol. The summed E-state index contributed by atoms with van der Waals surface area (Å²) < 4.78 is 10.5. The lowest BCUT2D eigenvalue weighted by molar-refractivity contribution is 0.164. The lowest BCUT2D eigenvalue weighted by Crippen LogP contribution is -2.17. The number of hydrogen-bond donors (Lipinski definition) is 1. The minimum absolute atomic E-state index is 0.354. The van der Waals surface area contributed by atoms with Crippen molar-refractivity contribution in [2.45, 2.75) is 0 Å². The van der Waals surface area contributed by atoms with Crippen molar-refractivity contribution in [3.63, 3.8) is 0 Å². The summed E-state index contributed by atoms with van der Waals surface area (Å²) in [5.74, 6) is 0.789. The van der Waals surface area contributed by atoms with Crippen molar-refractivity contribution in [3.8, 4) is 11.6 Å². The number of fused-ring (bicyclic) bond motifs is 1. The molecule has 0 spiro atoms. The zero-order valence-corrected chi connectivity index (χ0v) is 7.86. The van der Waals surface area contributed by atoms with Gasteiger partial charge in [-0.05, 0) is 0 Å². The van der Waals surface area contributed by atoms with Crippen molar-refractivity contribution in [2.75, 3.05) is 13.2 Å². The summed E-state index contributed by atoms with van der Waals surface area (Å²) in [4.78, 5) is 3.94. The number of nitrogens with zero attached hydrogens (tertiary/aromatic N) is 2. The molecule has 1 aromatic heterocycles. The van der Waals surface area contributed by atoms with Crippen LogP contribution >= 0.6 is 11.6 Å². The van der Waals surface area contributed by atoms with Crippen molar-refractivity contribution in [2.24, 2.45) is 5.16 Å². The average molecular weight is 215 g/mol. The fourth-order valence-corrected chi connectivity index (χ4v) is 1.35. The molecule has 1 N–H and O–H groups in total. The minimum Gasteiger partial charge on any atom is -0.484 e. The molecular formula is C8H7ClN2O3. The van der Waals surface area contributed by atoms with Crippen molar-refractivity contribution < 1.29 is 14.7 Å². The molecule has 2 rings (SSSR count). The summed E-state index contributed by atoms with van der Waals surface area (Å²) in [5.41, 5.74) is 0.471. The molecule has 5 nitrogen and oxygen atoms in total. The third kappa shape index (κ3) is 1.46. The molecule has 0 fully saturated rings. The van der Waals surface area contributed by atoms with E-state index in [2.05, 4.69) is 10.1 Å². The Balaban J connectivity index is 2.54. The highest BCUT2D eigenvalue weighted by atomic mass is 35.5. The summed E-state index contributed by atoms with van der Waals surface area (Å²) in [5, 5.41) is 11.7. The van der Waals surface area contributed by atoms with Gasteiger partial charge in [0.1, 0.15) is 13.2 Å². The molecule has 0 bridgehead atoms. The van der Waals surface area contributed by atoms with Crippen LogP contribution in [0.15, 0.2) is 11.4 Å². The van der Waals surface area contributed by atoms with Crippen molar-refractivity contribution in [3.05, 3.63) is 16.8 Å². The van der Waals surface area contributed by atoms with Crippen LogP contribution in [0.2, 0.25) is 5.02 Å². The molecule has 1 aliphatic rings. The van der Waals surface area contributed by atoms with Gasteiger partial charge in [-0.15, -0.1) is 0 Å². The van der Waals surface area contributed by atoms with Crippen LogP contribution in [-0.2, 0) is 0 Å². The van der Waals surface area contributed by atoms with Gasteiger partial charge in [0.05, 0.1) is 23.0 Å². The number of rotatable bonds is 1. The molecule has 14 heavy (non-hydrogen) atoms. The molecule has 1 aromatic rings. The van der Waals surface area contributed by atoms with Gasteiger partial charge in [-0.25, -0.2) is 4.98 Å². The highest BCUT2D eigenvalue weighted by molar-refractivity contribution is 6.33. The molecule has 0 unspecified atom stereocenters. The van der Waals surface area contributed by atoms with E-state index in [9.17, 15) is 0 Å². The smallest absolute Gasteiger partial charge is 0.257 e. The predicted molar refractivity (Wildman–Crippen MR) is 49.6 cm³/mol. The van der Waals surface area contributed by atoms with E-state index in [0.717, 1.165) is 0 Å². The first-order chi connectivity index (χ1) is 6.83. The van der Waals surface area contributed by atoms with E-state index < -0.39 is 0 Å². The first kappa shape index (κ1) is 9.08. The van der Waals surface area contributed by atoms with Gasteiger partial charge in [-0.1, -0.05) is 16.8 Å². The number of hydrogen-bond acceptors (Lipinski definition) is 5. The third-order valence-electron chi connectivity index (χ3n) is 1.75. The second-order valence-corrected chi connectivity index (χ2v) is 3.00. The fourth-order valence-electron chi connectivity index (χ4n) is 1.17. The molecule has 0 saturated heterocycles. The van der Waals surface area contributed by atoms with E-state index in [-0.39, 0.29) is 0 Å². The SMILES string of the molecule is O/N=C\c1c(Cl)cnc2c1OCCO2. The molecule has 1 aliphatic heterocycles. The maximum Gasteiger partial charge on any atom is 0.257 e. The van der Waals surface area contributed by atoms with Crippen molar-refractivity contribution >= 4 is 17.8 Å². The minimum atomic E-state index is 0.354. The van der Waals surface area contributed by atoms with E-state index >= 15 is 0 Å². The highest BCUT2D eigenvalue weighted by Gasteiger charge is 2.19. The highest BCUT2D eigenvalue weighted by Crippen LogP contribution is 2.34. The fraction of sp³-hybridized carbons (Fsp3) is 0.250. The van der Waals surface area contributed by atoms with E-state index in [1.54, 1.807) is 0 Å². The zero-order chi connectivity index (χ0) is 9.97. The average Bonchev–Trinajstić information content (AvgIpc) is 2.23. The Bertz CT molecular complexity index is 381. The Morgan fingerprint density at radius 2 is 2.29 bits per heavy atom. The summed E-state index contributed by atoms with van der Waals surface area (Å²) in [7, 11) is 0. The van der Waals surface area contributed by atoms with Gasteiger partial charge < -0.3 is 14.7 Å². The molecule has 0 amide bonds. The van der Waals surface area contributed by atoms with Crippen molar-refractivity contribution in [1.29, 1.82) is 0 Å². The monoisotopic (exact) mass is 214 g/mol. The first-order valence-electron chi connectivity index (χ1n) is 3.94. The number of ether oxygens (including phenoxy) is 2. The van der Waals surface area contributed by atoms with Gasteiger partial charge >= 0.3 is 0 Å². The van der Waals surface area contributed by atoms with Gasteiger partial charge in [-0.3, -0.25) is 0 Å². The normalized spacial score (nSPS) is 14.6. The van der Waals surface area contributed by atoms with Crippen LogP contribution in [0.1, 0.15) is 5.56 Å². The summed E-state index contributed by atoms with van der Waals surface area (Å²) >= 11 is 5.84. The van der Waals surface area contributed by atoms with Crippen LogP contribution < -0.4 is 9.47 Å². The Hall–Kier alpha value is -1.49. The number of oxime groups is 1. The first-order valence-corrected chi connectivity index (χ1v) is 4.32. The van der Waals surface area contributed by atoms with Crippen molar-refractivity contribution in [1.82, 2.24) is 4.98 Å². The molecule has 6 heteroatoms. The van der Waals surface area contributed by atoms with E-state index in [1.807, 2.05) is 0 Å². The Morgan fingerprint density at radius 1 is 1.50 bits per heavy atom. The second-order valence-electron chi connectivity index (χ2n) is 2.60. The molecule has 0 aromatic carbocycles. The van der Waals surface area contributed by atoms with E-state index in [4.69, 9.17) is 26.3 Å². The molecule has 0 aliphatic carbocycles. The molecule has 0 saturated carbocycles. The number of pyridine rings is 1. The number of halogens is 1. The van der Waals surface area contributed by atoms with Crippen LogP contribution in [0.5, 0.6) is 11.6 Å². The summed E-state index contributed by atoms with van der Waals surface area (Å²) in [6, 6.07) is 0. The molecule has 2 heterocycles. The van der Waals surface area contributed by atoms with Gasteiger partial charge in [0, 0.05) is 0 Å². The van der Waals surface area contributed by atoms with Gasteiger partial charge in [-0.2, -0.15) is 0 Å². The lowest BCUT2D eigenvalue weighted by Gasteiger charge is -2.18. The maximum absolute atomic E-state index is 8.44. The van der Waals surface area contributed by atoms with Crippen LogP contribution in [0.25, 0.3) is 0 Å². The van der Waals surface area contributed by atoms with Gasteiger partial charge in [0.15, 0.2) is 5.75 Å². The van der Waals surface area contributed by atoms with Crippen LogP contribution in [0.4, 0.5) is 0 Å². The number of aromatic nitrogens is 1. The molecule has 0 radical (unpaired) electrons. The zero-order valence-electron chi connectivity index (χ0n) is 7.11. The quantitative estimate of drug-likeness (QED) is 0.435. The van der Waals surface area contributed by atoms with Crippen LogP contribution in [0, 0.1) is 0 Å². The summed E-state index contributed by atoms with van der Waals surface area (Å²) in [6.07, 6.45) is 2.61. The lowest BCUT2D eigenvalue weighted by atomic mass is 10.2. The van der Waals surface area contributed by atoms with Crippen LogP contribution in [0.3, 0.4) is 0 Å². The van der Waals surface area contributed by atoms with Gasteiger partial charge in [0.25, 0.3) is 5.88 Å². The molecule has 74 valence electrons. The third-order valence-corrected chi connectivity index (χ3v) is 2.05. The second kappa shape index (κ2) is 3.71. The van der Waals surface area contributed by atoms with Crippen LogP contribution in [-0.4, -0.2) is 29.6 Å². The van der Waals surface area contributed by atoms with Gasteiger partial charge in [0.2, 0.25) is 0 Å². The predicted octanol–water partition coefficient (Wildman–Crippen LogP) is 1.31. The summed E-state index contributed by atoms with van der Waals surface area (Å²) in [6.45, 7) is 0.888. The van der Waals surface area contributed by atoms with E-state index in [1.165, 1.54) is 12.4 Å². The van der Waals surface area contributed by atoms with E-state index in [0.29, 0.717) is 35.4 Å². The Kier molecular flexibility index (Phi) is 2.41. The largest absolute Gasteiger partial charge is 0.484 e. The Labute approximate surface area is 84.9 Å². The maximum atomic E-state index is 8.44. The Morgan fingerprint density at radius 3 is 3.07 bits per heavy atom.